The summed E-state index contributed by atoms with van der Waals surface area (Å²) in [6.07, 6.45) is 5.33. The van der Waals surface area contributed by atoms with Crippen molar-refractivity contribution in [3.05, 3.63) is 23.4 Å². The summed E-state index contributed by atoms with van der Waals surface area (Å²) in [5, 5.41) is 15.6. The zero-order valence-corrected chi connectivity index (χ0v) is 13.5. The van der Waals surface area contributed by atoms with E-state index in [0.29, 0.717) is 30.2 Å². The molecular formula is C16H19N3O3S. The van der Waals surface area contributed by atoms with Gasteiger partial charge in [0.15, 0.2) is 0 Å². The van der Waals surface area contributed by atoms with Crippen molar-refractivity contribution in [1.29, 1.82) is 0 Å². The van der Waals surface area contributed by atoms with Crippen LogP contribution in [-0.2, 0) is 11.3 Å². The molecule has 2 aromatic heterocycles. The summed E-state index contributed by atoms with van der Waals surface area (Å²) >= 11 is 1.56. The van der Waals surface area contributed by atoms with Crippen molar-refractivity contribution in [1.82, 2.24) is 15.0 Å². The van der Waals surface area contributed by atoms with Crippen LogP contribution in [0, 0.1) is 5.92 Å². The molecule has 122 valence electrons. The fourth-order valence-corrected chi connectivity index (χ4v) is 4.65. The smallest absolute Gasteiger partial charge is 0.320 e. The van der Waals surface area contributed by atoms with Crippen LogP contribution in [0.2, 0.25) is 0 Å². The van der Waals surface area contributed by atoms with E-state index in [4.69, 9.17) is 4.52 Å². The second-order valence-electron chi connectivity index (χ2n) is 6.36. The Morgan fingerprint density at radius 3 is 3.09 bits per heavy atom. The number of hydrogen-bond acceptors (Lipinski definition) is 6. The molecule has 1 saturated heterocycles. The van der Waals surface area contributed by atoms with Crippen LogP contribution in [0.3, 0.4) is 0 Å². The second kappa shape index (κ2) is 6.05. The van der Waals surface area contributed by atoms with Crippen molar-refractivity contribution in [2.24, 2.45) is 5.92 Å². The molecule has 1 aliphatic carbocycles. The Labute approximate surface area is 138 Å². The summed E-state index contributed by atoms with van der Waals surface area (Å²) in [5.41, 5.74) is 0. The number of aliphatic carboxylic acids is 1. The zero-order chi connectivity index (χ0) is 15.8. The Kier molecular flexibility index (Phi) is 3.90. The van der Waals surface area contributed by atoms with Crippen molar-refractivity contribution in [2.75, 3.05) is 0 Å². The standard InChI is InChI=1S/C16H19N3O3S/c20-16(21)12-8-10-4-1-2-5-11(10)19(12)9-14-17-15(18-22-14)13-6-3-7-23-13/h3,6-7,10-12H,1-2,4-5,8-9H2,(H,20,21)/t10-,11+,12+/m1/s1. The van der Waals surface area contributed by atoms with Gasteiger partial charge in [-0.25, -0.2) is 0 Å². The van der Waals surface area contributed by atoms with E-state index in [1.54, 1.807) is 11.3 Å². The first-order chi connectivity index (χ1) is 11.2. The third kappa shape index (κ3) is 2.79. The highest BCUT2D eigenvalue weighted by Gasteiger charge is 2.45. The van der Waals surface area contributed by atoms with Crippen molar-refractivity contribution in [2.45, 2.75) is 50.7 Å². The maximum Gasteiger partial charge on any atom is 0.320 e. The van der Waals surface area contributed by atoms with Crippen molar-refractivity contribution in [3.63, 3.8) is 0 Å². The number of aromatic nitrogens is 2. The Morgan fingerprint density at radius 1 is 1.43 bits per heavy atom. The average molecular weight is 333 g/mol. The Balaban J connectivity index is 1.55. The van der Waals surface area contributed by atoms with E-state index in [1.807, 2.05) is 17.5 Å². The number of carboxylic acid groups (broad SMARTS) is 1. The summed E-state index contributed by atoms with van der Waals surface area (Å²) < 4.78 is 5.37. The SMILES string of the molecule is O=C(O)[C@@H]1C[C@H]2CCCC[C@@H]2N1Cc1nc(-c2cccs2)no1. The molecule has 2 aromatic rings. The number of carboxylic acids is 1. The summed E-state index contributed by atoms with van der Waals surface area (Å²) in [4.78, 5) is 19.1. The predicted octanol–water partition coefficient (Wildman–Crippen LogP) is 3.02. The first-order valence-corrected chi connectivity index (χ1v) is 8.95. The van der Waals surface area contributed by atoms with Crippen molar-refractivity contribution < 1.29 is 14.4 Å². The molecule has 4 rings (SSSR count). The molecular weight excluding hydrogens is 314 g/mol. The molecule has 0 bridgehead atoms. The van der Waals surface area contributed by atoms with Crippen LogP contribution in [0.1, 0.15) is 38.0 Å². The van der Waals surface area contributed by atoms with Gasteiger partial charge >= 0.3 is 5.97 Å². The molecule has 2 fully saturated rings. The molecule has 1 N–H and O–H groups in total. The van der Waals surface area contributed by atoms with Crippen LogP contribution in [0.25, 0.3) is 10.7 Å². The Morgan fingerprint density at radius 2 is 2.30 bits per heavy atom. The number of likely N-dealkylation sites (tertiary alicyclic amines) is 1. The predicted molar refractivity (Wildman–Crippen MR) is 84.9 cm³/mol. The van der Waals surface area contributed by atoms with Gasteiger partial charge in [0.2, 0.25) is 11.7 Å². The first kappa shape index (κ1) is 14.8. The summed E-state index contributed by atoms with van der Waals surface area (Å²) in [6.45, 7) is 0.427. The molecule has 0 aromatic carbocycles. The number of hydrogen-bond donors (Lipinski definition) is 1. The van der Waals surface area contributed by atoms with Crippen LogP contribution in [-0.4, -0.2) is 38.2 Å². The molecule has 2 aliphatic rings. The van der Waals surface area contributed by atoms with Gasteiger partial charge in [-0.05, 0) is 36.6 Å². The number of thiophene rings is 1. The summed E-state index contributed by atoms with van der Waals surface area (Å²) in [5.74, 6) is 0.842. The average Bonchev–Trinajstić information content (AvgIpc) is 3.26. The van der Waals surface area contributed by atoms with E-state index in [0.717, 1.165) is 24.1 Å². The van der Waals surface area contributed by atoms with Gasteiger partial charge in [0.05, 0.1) is 11.4 Å². The normalized spacial score (nSPS) is 27.9. The summed E-state index contributed by atoms with van der Waals surface area (Å²) in [7, 11) is 0. The molecule has 23 heavy (non-hydrogen) atoms. The number of nitrogens with zero attached hydrogens (tertiary/aromatic N) is 3. The van der Waals surface area contributed by atoms with Gasteiger partial charge in [0, 0.05) is 6.04 Å². The lowest BCUT2D eigenvalue weighted by Crippen LogP contribution is -2.41. The van der Waals surface area contributed by atoms with Gasteiger partial charge < -0.3 is 9.63 Å². The summed E-state index contributed by atoms with van der Waals surface area (Å²) in [6, 6.07) is 3.80. The van der Waals surface area contributed by atoms with Crippen molar-refractivity contribution in [3.8, 4) is 10.7 Å². The van der Waals surface area contributed by atoms with Crippen LogP contribution in [0.4, 0.5) is 0 Å². The molecule has 1 saturated carbocycles. The largest absolute Gasteiger partial charge is 0.480 e. The van der Waals surface area contributed by atoms with E-state index >= 15 is 0 Å². The molecule has 3 heterocycles. The Bertz CT molecular complexity index is 685. The monoisotopic (exact) mass is 333 g/mol. The molecule has 0 unspecified atom stereocenters. The van der Waals surface area contributed by atoms with Crippen LogP contribution in [0.15, 0.2) is 22.0 Å². The molecule has 0 spiro atoms. The van der Waals surface area contributed by atoms with E-state index in [1.165, 1.54) is 12.8 Å². The number of rotatable bonds is 4. The number of fused-ring (bicyclic) bond motifs is 1. The molecule has 0 radical (unpaired) electrons. The van der Waals surface area contributed by atoms with Crippen molar-refractivity contribution >= 4 is 17.3 Å². The Hall–Kier alpha value is -1.73. The van der Waals surface area contributed by atoms with Gasteiger partial charge in [-0.2, -0.15) is 4.98 Å². The lowest BCUT2D eigenvalue weighted by Gasteiger charge is -2.31. The molecule has 7 heteroatoms. The zero-order valence-electron chi connectivity index (χ0n) is 12.7. The third-order valence-electron chi connectivity index (χ3n) is 5.03. The third-order valence-corrected chi connectivity index (χ3v) is 5.90. The van der Waals surface area contributed by atoms with E-state index in [2.05, 4.69) is 15.0 Å². The first-order valence-electron chi connectivity index (χ1n) is 8.07. The topological polar surface area (TPSA) is 79.5 Å². The fourth-order valence-electron chi connectivity index (χ4n) is 4.00. The highest BCUT2D eigenvalue weighted by molar-refractivity contribution is 7.13. The van der Waals surface area contributed by atoms with E-state index < -0.39 is 12.0 Å². The maximum atomic E-state index is 11.6. The second-order valence-corrected chi connectivity index (χ2v) is 7.31. The molecule has 1 aliphatic heterocycles. The number of carbonyl (C=O) groups is 1. The molecule has 6 nitrogen and oxygen atoms in total. The van der Waals surface area contributed by atoms with Crippen LogP contribution < -0.4 is 0 Å². The molecule has 3 atom stereocenters. The highest BCUT2D eigenvalue weighted by atomic mass is 32.1. The molecule has 0 amide bonds. The van der Waals surface area contributed by atoms with Gasteiger partial charge in [0.1, 0.15) is 6.04 Å². The minimum absolute atomic E-state index is 0.335. The maximum absolute atomic E-state index is 11.6. The lowest BCUT2D eigenvalue weighted by molar-refractivity contribution is -0.143. The quantitative estimate of drug-likeness (QED) is 0.926. The highest BCUT2D eigenvalue weighted by Crippen LogP contribution is 2.40. The van der Waals surface area contributed by atoms with E-state index in [-0.39, 0.29) is 0 Å². The lowest BCUT2D eigenvalue weighted by atomic mass is 9.85. The van der Waals surface area contributed by atoms with Crippen LogP contribution >= 0.6 is 11.3 Å². The minimum Gasteiger partial charge on any atom is -0.480 e. The van der Waals surface area contributed by atoms with Gasteiger partial charge in [-0.1, -0.05) is 24.1 Å². The van der Waals surface area contributed by atoms with Gasteiger partial charge in [0.25, 0.3) is 0 Å². The minimum atomic E-state index is -0.739. The van der Waals surface area contributed by atoms with Gasteiger partial charge in [-0.15, -0.1) is 11.3 Å². The fraction of sp³-hybridized carbons (Fsp3) is 0.562. The van der Waals surface area contributed by atoms with Crippen LogP contribution in [0.5, 0.6) is 0 Å². The van der Waals surface area contributed by atoms with E-state index in [9.17, 15) is 9.90 Å². The van der Waals surface area contributed by atoms with Gasteiger partial charge in [-0.3, -0.25) is 9.69 Å².